The van der Waals surface area contributed by atoms with Gasteiger partial charge < -0.3 is 14.6 Å². The summed E-state index contributed by atoms with van der Waals surface area (Å²) < 4.78 is 2.20. The number of aromatic nitrogens is 3. The Bertz CT molecular complexity index is 987. The van der Waals surface area contributed by atoms with Crippen LogP contribution in [-0.2, 0) is 9.59 Å². The average Bonchev–Trinajstić information content (AvgIpc) is 3.48. The summed E-state index contributed by atoms with van der Waals surface area (Å²) in [5.74, 6) is 1.99. The zero-order valence-corrected chi connectivity index (χ0v) is 20.2. The molecule has 1 unspecified atom stereocenters. The number of aliphatic carboxylic acids is 1. The summed E-state index contributed by atoms with van der Waals surface area (Å²) in [7, 11) is 1.74. The number of nitrogens with zero attached hydrogens (tertiary/aromatic N) is 4. The lowest BCUT2D eigenvalue weighted by Crippen LogP contribution is -2.29. The van der Waals surface area contributed by atoms with Crippen LogP contribution in [0.15, 0.2) is 24.3 Å². The number of rotatable bonds is 10. The fraction of sp³-hybridized carbons (Fsp3) is 0.615. The molecule has 0 saturated heterocycles. The maximum Gasteiger partial charge on any atom is 0.304 e. The second-order valence-corrected chi connectivity index (χ2v) is 10.5. The molecule has 1 amide bonds. The van der Waals surface area contributed by atoms with Crippen LogP contribution < -0.4 is 4.90 Å². The van der Waals surface area contributed by atoms with Crippen molar-refractivity contribution in [1.29, 1.82) is 0 Å². The summed E-state index contributed by atoms with van der Waals surface area (Å²) in [5, 5.41) is 18.7. The van der Waals surface area contributed by atoms with Crippen LogP contribution in [0.3, 0.4) is 0 Å². The number of hydrogen-bond donors (Lipinski definition) is 1. The maximum absolute atomic E-state index is 13.1. The highest BCUT2D eigenvalue weighted by Gasteiger charge is 2.40. The van der Waals surface area contributed by atoms with Crippen LogP contribution in [0, 0.1) is 18.8 Å². The Kier molecular flexibility index (Phi) is 6.86. The Morgan fingerprint density at radius 3 is 2.36 bits per heavy atom. The minimum atomic E-state index is -0.918. The van der Waals surface area contributed by atoms with Gasteiger partial charge in [-0.15, -0.1) is 10.2 Å². The molecule has 2 aliphatic rings. The van der Waals surface area contributed by atoms with Gasteiger partial charge in [0.05, 0.1) is 6.42 Å². The standard InChI is InChI=1S/C26H36N4O3/c1-16(2)11-18-12-19(13-18)25-27-28-26(30(25)22-9-10-22)20(15-24(32)33)14-23(31)29(4)21-7-5-17(3)6-8-21/h5-8,16,18-20,22H,9-15H2,1-4H3,(H,32,33). The van der Waals surface area contributed by atoms with Gasteiger partial charge >= 0.3 is 5.97 Å². The van der Waals surface area contributed by atoms with Crippen LogP contribution >= 0.6 is 0 Å². The number of aryl methyl sites for hydroxylation is 1. The predicted octanol–water partition coefficient (Wildman–Crippen LogP) is 5.07. The lowest BCUT2D eigenvalue weighted by Gasteiger charge is -2.36. The Balaban J connectivity index is 1.53. The van der Waals surface area contributed by atoms with E-state index < -0.39 is 11.9 Å². The Hall–Kier alpha value is -2.70. The van der Waals surface area contributed by atoms with Crippen LogP contribution in [-0.4, -0.2) is 38.8 Å². The van der Waals surface area contributed by atoms with Gasteiger partial charge in [-0.1, -0.05) is 31.5 Å². The van der Waals surface area contributed by atoms with Crippen molar-refractivity contribution in [2.75, 3.05) is 11.9 Å². The molecule has 1 atom stereocenters. The predicted molar refractivity (Wildman–Crippen MR) is 127 cm³/mol. The van der Waals surface area contributed by atoms with E-state index in [1.165, 1.54) is 6.42 Å². The van der Waals surface area contributed by atoms with Gasteiger partial charge in [0.25, 0.3) is 0 Å². The quantitative estimate of drug-likeness (QED) is 0.543. The molecule has 33 heavy (non-hydrogen) atoms. The molecule has 1 aromatic heterocycles. The summed E-state index contributed by atoms with van der Waals surface area (Å²) >= 11 is 0. The smallest absolute Gasteiger partial charge is 0.304 e. The van der Waals surface area contributed by atoms with Crippen molar-refractivity contribution in [2.45, 2.75) is 83.6 Å². The van der Waals surface area contributed by atoms with Crippen LogP contribution in [0.4, 0.5) is 5.69 Å². The first-order valence-corrected chi connectivity index (χ1v) is 12.2. The van der Waals surface area contributed by atoms with E-state index in [9.17, 15) is 14.7 Å². The van der Waals surface area contributed by atoms with Gasteiger partial charge in [-0.05, 0) is 63.0 Å². The van der Waals surface area contributed by atoms with Crippen molar-refractivity contribution < 1.29 is 14.7 Å². The van der Waals surface area contributed by atoms with E-state index in [0.717, 1.165) is 48.7 Å². The first kappa shape index (κ1) is 23.5. The van der Waals surface area contributed by atoms with Crippen molar-refractivity contribution in [1.82, 2.24) is 14.8 Å². The maximum atomic E-state index is 13.1. The third kappa shape index (κ3) is 5.45. The van der Waals surface area contributed by atoms with Crippen molar-refractivity contribution in [3.63, 3.8) is 0 Å². The molecule has 1 aromatic carbocycles. The van der Waals surface area contributed by atoms with E-state index in [0.29, 0.717) is 23.7 Å². The second kappa shape index (κ2) is 9.65. The fourth-order valence-electron chi connectivity index (χ4n) is 5.11. The Morgan fingerprint density at radius 1 is 1.12 bits per heavy atom. The van der Waals surface area contributed by atoms with Gasteiger partial charge in [0, 0.05) is 37.0 Å². The zero-order valence-electron chi connectivity index (χ0n) is 20.2. The van der Waals surface area contributed by atoms with Crippen molar-refractivity contribution >= 4 is 17.6 Å². The van der Waals surface area contributed by atoms with Gasteiger partial charge in [0.2, 0.25) is 5.91 Å². The highest BCUT2D eigenvalue weighted by molar-refractivity contribution is 5.93. The van der Waals surface area contributed by atoms with E-state index in [2.05, 4.69) is 28.6 Å². The number of carbonyl (C=O) groups excluding carboxylic acids is 1. The van der Waals surface area contributed by atoms with Gasteiger partial charge in [-0.3, -0.25) is 9.59 Å². The summed E-state index contributed by atoms with van der Waals surface area (Å²) in [6, 6.07) is 8.10. The molecule has 4 rings (SSSR count). The summed E-state index contributed by atoms with van der Waals surface area (Å²) in [6.45, 7) is 6.53. The molecule has 2 fully saturated rings. The molecule has 178 valence electrons. The SMILES string of the molecule is Cc1ccc(N(C)C(=O)CC(CC(=O)O)c2nnc(C3CC(CC(C)C)C3)n2C2CC2)cc1. The highest BCUT2D eigenvalue weighted by atomic mass is 16.4. The normalized spacial score (nSPS) is 21.0. The number of anilines is 1. The highest BCUT2D eigenvalue weighted by Crippen LogP contribution is 2.48. The number of benzene rings is 1. The number of carboxylic acid groups (broad SMARTS) is 1. The monoisotopic (exact) mass is 452 g/mol. The van der Waals surface area contributed by atoms with Crippen LogP contribution in [0.25, 0.3) is 0 Å². The van der Waals surface area contributed by atoms with Crippen molar-refractivity contribution in [3.8, 4) is 0 Å². The molecule has 0 radical (unpaired) electrons. The molecule has 0 spiro atoms. The minimum absolute atomic E-state index is 0.0994. The van der Waals surface area contributed by atoms with Crippen molar-refractivity contribution in [3.05, 3.63) is 41.5 Å². The molecule has 2 aromatic rings. The summed E-state index contributed by atoms with van der Waals surface area (Å²) in [5.41, 5.74) is 1.93. The first-order valence-electron chi connectivity index (χ1n) is 12.2. The summed E-state index contributed by atoms with van der Waals surface area (Å²) in [6.07, 6.45) is 5.60. The van der Waals surface area contributed by atoms with Gasteiger partial charge in [-0.2, -0.15) is 0 Å². The molecule has 2 saturated carbocycles. The molecule has 0 aliphatic heterocycles. The van der Waals surface area contributed by atoms with E-state index >= 15 is 0 Å². The van der Waals surface area contributed by atoms with Gasteiger partial charge in [0.1, 0.15) is 11.6 Å². The van der Waals surface area contributed by atoms with E-state index in [1.807, 2.05) is 31.2 Å². The largest absolute Gasteiger partial charge is 0.481 e. The fourth-order valence-corrected chi connectivity index (χ4v) is 5.11. The zero-order chi connectivity index (χ0) is 23.7. The molecule has 2 aliphatic carbocycles. The van der Waals surface area contributed by atoms with Crippen LogP contribution in [0.2, 0.25) is 0 Å². The van der Waals surface area contributed by atoms with Crippen LogP contribution in [0.5, 0.6) is 0 Å². The van der Waals surface area contributed by atoms with E-state index in [-0.39, 0.29) is 18.7 Å². The first-order chi connectivity index (χ1) is 15.7. The molecule has 7 heteroatoms. The third-order valence-corrected chi connectivity index (χ3v) is 7.07. The number of hydrogen-bond acceptors (Lipinski definition) is 4. The molecule has 1 N–H and O–H groups in total. The summed E-state index contributed by atoms with van der Waals surface area (Å²) in [4.78, 5) is 26.4. The number of amides is 1. The molecule has 0 bridgehead atoms. The Morgan fingerprint density at radius 2 is 1.79 bits per heavy atom. The lowest BCUT2D eigenvalue weighted by molar-refractivity contribution is -0.137. The molecule has 7 nitrogen and oxygen atoms in total. The second-order valence-electron chi connectivity index (χ2n) is 10.5. The van der Waals surface area contributed by atoms with E-state index in [1.54, 1.807) is 11.9 Å². The number of carboxylic acids is 1. The van der Waals surface area contributed by atoms with Gasteiger partial charge in [-0.25, -0.2) is 0 Å². The topological polar surface area (TPSA) is 88.3 Å². The minimum Gasteiger partial charge on any atom is -0.481 e. The lowest BCUT2D eigenvalue weighted by atomic mass is 9.71. The molecular weight excluding hydrogens is 416 g/mol. The third-order valence-electron chi connectivity index (χ3n) is 7.07. The number of carbonyl (C=O) groups is 2. The average molecular weight is 453 g/mol. The van der Waals surface area contributed by atoms with Crippen LogP contribution in [0.1, 0.15) is 93.9 Å². The van der Waals surface area contributed by atoms with E-state index in [4.69, 9.17) is 0 Å². The Labute approximate surface area is 196 Å². The van der Waals surface area contributed by atoms with Crippen molar-refractivity contribution in [2.24, 2.45) is 11.8 Å². The molecule has 1 heterocycles. The molecular formula is C26H36N4O3. The van der Waals surface area contributed by atoms with Gasteiger partial charge in [0.15, 0.2) is 0 Å².